The van der Waals surface area contributed by atoms with E-state index in [4.69, 9.17) is 0 Å². The highest BCUT2D eigenvalue weighted by Crippen LogP contribution is 2.29. The number of benzene rings is 1. The summed E-state index contributed by atoms with van der Waals surface area (Å²) < 4.78 is 37.6. The highest BCUT2D eigenvalue weighted by Gasteiger charge is 2.30. The number of amides is 2. The monoisotopic (exact) mass is 378 g/mol. The molecule has 1 aromatic carbocycles. The van der Waals surface area contributed by atoms with Gasteiger partial charge in [0.05, 0.1) is 17.4 Å². The van der Waals surface area contributed by atoms with E-state index in [0.717, 1.165) is 43.8 Å². The molecule has 27 heavy (non-hydrogen) atoms. The number of pyridine rings is 1. The fourth-order valence-corrected chi connectivity index (χ4v) is 3.09. The molecule has 1 aliphatic rings. The van der Waals surface area contributed by atoms with Gasteiger partial charge in [-0.05, 0) is 55.2 Å². The summed E-state index contributed by atoms with van der Waals surface area (Å²) in [6.45, 7) is 2.34. The number of halogens is 3. The summed E-state index contributed by atoms with van der Waals surface area (Å²) in [5.74, 6) is 0.372. The summed E-state index contributed by atoms with van der Waals surface area (Å²) in [5.41, 5.74) is 0.685. The minimum absolute atomic E-state index is 0.326. The number of nitrogens with one attached hydrogen (secondary N) is 2. The Balaban J connectivity index is 1.41. The molecule has 0 bridgehead atoms. The van der Waals surface area contributed by atoms with Crippen LogP contribution in [0.15, 0.2) is 48.8 Å². The van der Waals surface area contributed by atoms with Gasteiger partial charge in [0.2, 0.25) is 0 Å². The molecule has 144 valence electrons. The van der Waals surface area contributed by atoms with Gasteiger partial charge in [0, 0.05) is 31.5 Å². The molecule has 0 spiro atoms. The number of nitrogens with zero attached hydrogens (tertiary/aromatic N) is 2. The number of carbonyl (C=O) groups is 1. The lowest BCUT2D eigenvalue weighted by Gasteiger charge is -2.33. The second-order valence-electron chi connectivity index (χ2n) is 6.55. The van der Waals surface area contributed by atoms with Crippen molar-refractivity contribution >= 4 is 17.4 Å². The summed E-state index contributed by atoms with van der Waals surface area (Å²) in [4.78, 5) is 18.4. The van der Waals surface area contributed by atoms with E-state index in [1.807, 2.05) is 18.3 Å². The van der Waals surface area contributed by atoms with E-state index in [0.29, 0.717) is 18.2 Å². The number of hydrogen-bond donors (Lipinski definition) is 2. The first kappa shape index (κ1) is 19.0. The van der Waals surface area contributed by atoms with E-state index < -0.39 is 17.8 Å². The Morgan fingerprint density at radius 1 is 1.15 bits per heavy atom. The van der Waals surface area contributed by atoms with Gasteiger partial charge in [0.15, 0.2) is 0 Å². The van der Waals surface area contributed by atoms with E-state index in [-0.39, 0.29) is 0 Å². The van der Waals surface area contributed by atoms with Gasteiger partial charge in [-0.3, -0.25) is 4.98 Å². The van der Waals surface area contributed by atoms with Gasteiger partial charge in [-0.2, -0.15) is 13.2 Å². The number of carbonyl (C=O) groups excluding carboxylic acids is 1. The van der Waals surface area contributed by atoms with Crippen LogP contribution in [0.1, 0.15) is 18.4 Å². The third-order valence-corrected chi connectivity index (χ3v) is 4.65. The molecule has 1 aromatic heterocycles. The molecule has 2 aromatic rings. The Bertz CT molecular complexity index is 742. The predicted octanol–water partition coefficient (Wildman–Crippen LogP) is 4.14. The normalized spacial score (nSPS) is 15.4. The minimum atomic E-state index is -4.38. The van der Waals surface area contributed by atoms with E-state index in [9.17, 15) is 18.0 Å². The van der Waals surface area contributed by atoms with Gasteiger partial charge in [-0.1, -0.05) is 0 Å². The first-order chi connectivity index (χ1) is 12.9. The summed E-state index contributed by atoms with van der Waals surface area (Å²) in [5, 5.41) is 5.36. The van der Waals surface area contributed by atoms with Gasteiger partial charge in [0.1, 0.15) is 0 Å². The van der Waals surface area contributed by atoms with Gasteiger partial charge in [-0.25, -0.2) is 4.79 Å². The third-order valence-electron chi connectivity index (χ3n) is 4.65. The van der Waals surface area contributed by atoms with Crippen LogP contribution in [0.4, 0.5) is 29.3 Å². The highest BCUT2D eigenvalue weighted by molar-refractivity contribution is 5.89. The standard InChI is InChI=1S/C19H21F3N4O/c20-19(21,22)15-3-5-16(6-4-15)25-18(27)24-12-14-7-10-26(11-8-14)17-2-1-9-23-13-17/h1-6,9,13-14H,7-8,10-12H2,(H2,24,25,27). The zero-order chi connectivity index (χ0) is 19.3. The van der Waals surface area contributed by atoms with Crippen LogP contribution in [0.3, 0.4) is 0 Å². The second kappa shape index (κ2) is 8.28. The lowest BCUT2D eigenvalue weighted by Crippen LogP contribution is -2.39. The van der Waals surface area contributed by atoms with E-state index in [2.05, 4.69) is 20.5 Å². The molecular weight excluding hydrogens is 357 g/mol. The molecule has 3 rings (SSSR count). The Morgan fingerprint density at radius 2 is 1.85 bits per heavy atom. The van der Waals surface area contributed by atoms with Gasteiger partial charge in [0.25, 0.3) is 0 Å². The van der Waals surface area contributed by atoms with Crippen LogP contribution >= 0.6 is 0 Å². The Labute approximate surface area is 155 Å². The van der Waals surface area contributed by atoms with Crippen molar-refractivity contribution in [1.29, 1.82) is 0 Å². The van der Waals surface area contributed by atoms with Crippen molar-refractivity contribution in [2.24, 2.45) is 5.92 Å². The summed E-state index contributed by atoms with van der Waals surface area (Å²) in [6, 6.07) is 7.92. The second-order valence-corrected chi connectivity index (χ2v) is 6.55. The van der Waals surface area contributed by atoms with Crippen LogP contribution in [0.2, 0.25) is 0 Å². The largest absolute Gasteiger partial charge is 0.416 e. The van der Waals surface area contributed by atoms with Crippen molar-refractivity contribution in [2.75, 3.05) is 29.9 Å². The minimum Gasteiger partial charge on any atom is -0.370 e. The Kier molecular flexibility index (Phi) is 5.83. The highest BCUT2D eigenvalue weighted by atomic mass is 19.4. The van der Waals surface area contributed by atoms with Gasteiger partial charge >= 0.3 is 12.2 Å². The number of hydrogen-bond acceptors (Lipinski definition) is 3. The maximum atomic E-state index is 12.5. The van der Waals surface area contributed by atoms with Crippen molar-refractivity contribution in [3.8, 4) is 0 Å². The van der Waals surface area contributed by atoms with Gasteiger partial charge < -0.3 is 15.5 Å². The zero-order valence-corrected chi connectivity index (χ0v) is 14.7. The maximum Gasteiger partial charge on any atom is 0.416 e. The summed E-state index contributed by atoms with van der Waals surface area (Å²) in [7, 11) is 0. The van der Waals surface area contributed by atoms with E-state index >= 15 is 0 Å². The lowest BCUT2D eigenvalue weighted by molar-refractivity contribution is -0.137. The van der Waals surface area contributed by atoms with Crippen LogP contribution in [-0.2, 0) is 6.18 Å². The molecule has 1 fully saturated rings. The van der Waals surface area contributed by atoms with Crippen LogP contribution in [0, 0.1) is 5.92 Å². The molecular formula is C19H21F3N4O. The van der Waals surface area contributed by atoms with Crippen molar-refractivity contribution in [2.45, 2.75) is 19.0 Å². The number of aromatic nitrogens is 1. The van der Waals surface area contributed by atoms with Crippen LogP contribution in [0.5, 0.6) is 0 Å². The molecule has 0 radical (unpaired) electrons. The molecule has 0 saturated carbocycles. The summed E-state index contributed by atoms with van der Waals surface area (Å²) in [6.07, 6.45) is 1.11. The molecule has 0 aliphatic carbocycles. The lowest BCUT2D eigenvalue weighted by atomic mass is 9.96. The number of urea groups is 1. The molecule has 1 aliphatic heterocycles. The molecule has 1 saturated heterocycles. The van der Waals surface area contributed by atoms with Crippen LogP contribution in [0.25, 0.3) is 0 Å². The SMILES string of the molecule is O=C(NCC1CCN(c2cccnc2)CC1)Nc1ccc(C(F)(F)F)cc1. The average Bonchev–Trinajstić information content (AvgIpc) is 2.67. The average molecular weight is 378 g/mol. The molecule has 8 heteroatoms. The summed E-state index contributed by atoms with van der Waals surface area (Å²) >= 11 is 0. The van der Waals surface area contributed by atoms with Crippen molar-refractivity contribution in [3.05, 3.63) is 54.4 Å². The Hall–Kier alpha value is -2.77. The van der Waals surface area contributed by atoms with Gasteiger partial charge in [-0.15, -0.1) is 0 Å². The molecule has 2 heterocycles. The van der Waals surface area contributed by atoms with Crippen molar-refractivity contribution in [3.63, 3.8) is 0 Å². The van der Waals surface area contributed by atoms with E-state index in [1.54, 1.807) is 6.20 Å². The Morgan fingerprint density at radius 3 is 2.44 bits per heavy atom. The zero-order valence-electron chi connectivity index (χ0n) is 14.7. The molecule has 0 unspecified atom stereocenters. The predicted molar refractivity (Wildman–Crippen MR) is 97.6 cm³/mol. The molecule has 2 amide bonds. The number of anilines is 2. The molecule has 5 nitrogen and oxygen atoms in total. The smallest absolute Gasteiger partial charge is 0.370 e. The van der Waals surface area contributed by atoms with Crippen LogP contribution in [-0.4, -0.2) is 30.6 Å². The van der Waals surface area contributed by atoms with Crippen LogP contribution < -0.4 is 15.5 Å². The maximum absolute atomic E-state index is 12.5. The quantitative estimate of drug-likeness (QED) is 0.841. The molecule has 0 atom stereocenters. The fourth-order valence-electron chi connectivity index (χ4n) is 3.09. The van der Waals surface area contributed by atoms with Crippen molar-refractivity contribution in [1.82, 2.24) is 10.3 Å². The number of rotatable bonds is 4. The third kappa shape index (κ3) is 5.35. The molecule has 2 N–H and O–H groups in total. The topological polar surface area (TPSA) is 57.3 Å². The number of piperidine rings is 1. The number of alkyl halides is 3. The first-order valence-corrected chi connectivity index (χ1v) is 8.79. The first-order valence-electron chi connectivity index (χ1n) is 8.79. The fraction of sp³-hybridized carbons (Fsp3) is 0.368. The van der Waals surface area contributed by atoms with E-state index in [1.165, 1.54) is 12.1 Å². The van der Waals surface area contributed by atoms with Crippen molar-refractivity contribution < 1.29 is 18.0 Å².